The Labute approximate surface area is 103 Å². The number of carboxylic acids is 1. The lowest BCUT2D eigenvalue weighted by atomic mass is 10.5. The van der Waals surface area contributed by atoms with Crippen LogP contribution in [0.5, 0.6) is 0 Å². The van der Waals surface area contributed by atoms with Gasteiger partial charge in [-0.15, -0.1) is 5.01 Å². The maximum Gasteiger partial charge on any atom is 0.510 e. The first-order valence-corrected chi connectivity index (χ1v) is 5.01. The number of carbonyl (C=O) groups is 2. The monoisotopic (exact) mass is 267 g/mol. The molecule has 1 atom stereocenters. The molecule has 0 aliphatic heterocycles. The highest BCUT2D eigenvalue weighted by molar-refractivity contribution is 5.68. The van der Waals surface area contributed by atoms with Gasteiger partial charge in [-0.1, -0.05) is 0 Å². The molecule has 10 nitrogen and oxygen atoms in total. The first-order valence-electron chi connectivity index (χ1n) is 5.01. The summed E-state index contributed by atoms with van der Waals surface area (Å²) in [5, 5.41) is 19.7. The molecule has 0 heterocycles. The standard InChI is InChI=1S/C8H17N3O7/c1-6(2)18-8(14)16-5-17-9-11(15)10(3)4-7(12)13/h6,9,11H,4-5H2,1-3H3,(H,12,13). The van der Waals surface area contributed by atoms with Gasteiger partial charge >= 0.3 is 12.1 Å². The van der Waals surface area contributed by atoms with E-state index in [2.05, 4.69) is 14.3 Å². The van der Waals surface area contributed by atoms with Gasteiger partial charge in [-0.2, -0.15) is 5.28 Å². The van der Waals surface area contributed by atoms with E-state index in [9.17, 15) is 14.8 Å². The molecular formula is C8H17N3O7. The highest BCUT2D eigenvalue weighted by Gasteiger charge is 2.11. The summed E-state index contributed by atoms with van der Waals surface area (Å²) in [6.07, 6.45) is -1.26. The van der Waals surface area contributed by atoms with E-state index >= 15 is 0 Å². The van der Waals surface area contributed by atoms with Crippen LogP contribution in [0.25, 0.3) is 0 Å². The number of carboxylic acid groups (broad SMARTS) is 1. The van der Waals surface area contributed by atoms with Crippen LogP contribution in [0, 0.1) is 5.21 Å². The van der Waals surface area contributed by atoms with Crippen molar-refractivity contribution < 1.29 is 34.3 Å². The molecule has 0 aromatic heterocycles. The van der Waals surface area contributed by atoms with Crippen molar-refractivity contribution in [3.8, 4) is 0 Å². The number of quaternary nitrogens is 1. The fourth-order valence-electron chi connectivity index (χ4n) is 0.748. The van der Waals surface area contributed by atoms with Crippen molar-refractivity contribution in [2.75, 3.05) is 20.4 Å². The van der Waals surface area contributed by atoms with Crippen molar-refractivity contribution in [3.63, 3.8) is 0 Å². The van der Waals surface area contributed by atoms with Gasteiger partial charge in [0.2, 0.25) is 6.79 Å². The number of likely N-dealkylation sites (N-methyl/N-ethyl adjacent to an activating group) is 1. The van der Waals surface area contributed by atoms with E-state index in [0.717, 1.165) is 5.01 Å². The Morgan fingerprint density at radius 1 is 1.50 bits per heavy atom. The number of hydrogen-bond donors (Lipinski definition) is 3. The van der Waals surface area contributed by atoms with Gasteiger partial charge in [-0.25, -0.2) is 9.63 Å². The predicted molar refractivity (Wildman–Crippen MR) is 56.4 cm³/mol. The lowest BCUT2D eigenvalue weighted by molar-refractivity contribution is -1.03. The summed E-state index contributed by atoms with van der Waals surface area (Å²) in [6, 6.07) is 0. The third-order valence-electron chi connectivity index (χ3n) is 1.45. The minimum absolute atomic E-state index is 0.325. The van der Waals surface area contributed by atoms with E-state index in [0.29, 0.717) is 0 Å². The second-order valence-electron chi connectivity index (χ2n) is 3.48. The Morgan fingerprint density at radius 3 is 2.61 bits per heavy atom. The fourth-order valence-corrected chi connectivity index (χ4v) is 0.748. The zero-order chi connectivity index (χ0) is 14.1. The van der Waals surface area contributed by atoms with Crippen molar-refractivity contribution in [2.24, 2.45) is 0 Å². The first kappa shape index (κ1) is 16.5. The maximum absolute atomic E-state index is 11.2. The molecule has 3 N–H and O–H groups in total. The molecular weight excluding hydrogens is 250 g/mol. The molecule has 0 saturated carbocycles. The second kappa shape index (κ2) is 8.60. The Balaban J connectivity index is 3.65. The molecule has 0 radical (unpaired) electrons. The van der Waals surface area contributed by atoms with Crippen molar-refractivity contribution >= 4 is 12.1 Å². The van der Waals surface area contributed by atoms with Gasteiger partial charge in [-0.3, -0.25) is 4.79 Å². The third-order valence-corrected chi connectivity index (χ3v) is 1.45. The number of rotatable bonds is 8. The molecule has 0 amide bonds. The molecule has 0 aromatic rings. The zero-order valence-electron chi connectivity index (χ0n) is 10.3. The molecule has 106 valence electrons. The van der Waals surface area contributed by atoms with E-state index in [1.54, 1.807) is 13.8 Å². The summed E-state index contributed by atoms with van der Waals surface area (Å²) in [5.41, 5.74) is 1.89. The van der Waals surface area contributed by atoms with E-state index in [-0.39, 0.29) is 6.10 Å². The smallest absolute Gasteiger partial charge is 0.510 e. The molecule has 1 unspecified atom stereocenters. The number of aliphatic carboxylic acids is 1. The van der Waals surface area contributed by atoms with Gasteiger partial charge in [0.1, 0.15) is 6.54 Å². The number of hydrogen-bond acceptors (Lipinski definition) is 8. The van der Waals surface area contributed by atoms with Gasteiger partial charge in [0, 0.05) is 7.05 Å². The zero-order valence-corrected chi connectivity index (χ0v) is 10.3. The van der Waals surface area contributed by atoms with Gasteiger partial charge < -0.3 is 19.8 Å². The summed E-state index contributed by atoms with van der Waals surface area (Å²) < 4.78 is 9.05. The van der Waals surface area contributed by atoms with Crippen LogP contribution in [0.2, 0.25) is 0 Å². The summed E-state index contributed by atoms with van der Waals surface area (Å²) >= 11 is 0. The Kier molecular flexibility index (Phi) is 7.91. The normalized spacial score (nSPS) is 12.6. The second-order valence-corrected chi connectivity index (χ2v) is 3.48. The topological polar surface area (TPSA) is 125 Å². The predicted octanol–water partition coefficient (Wildman–Crippen LogP) is -1.74. The molecule has 0 saturated heterocycles. The summed E-state index contributed by atoms with van der Waals surface area (Å²) in [4.78, 5) is 25.6. The van der Waals surface area contributed by atoms with Crippen LogP contribution in [-0.4, -0.2) is 48.7 Å². The van der Waals surface area contributed by atoms with Crippen LogP contribution in [0.1, 0.15) is 13.8 Å². The maximum atomic E-state index is 11.2. The third kappa shape index (κ3) is 8.66. The highest BCUT2D eigenvalue weighted by atomic mass is 16.9. The molecule has 10 heteroatoms. The average molecular weight is 267 g/mol. The fraction of sp³-hybridized carbons (Fsp3) is 0.750. The Hall–Kier alpha value is -1.46. The lowest BCUT2D eigenvalue weighted by Crippen LogP contribution is -3.19. The molecule has 0 aliphatic rings. The number of carbonyl (C=O) groups excluding carboxylic acids is 1. The molecule has 0 rings (SSSR count). The molecule has 18 heavy (non-hydrogen) atoms. The van der Waals surface area contributed by atoms with Crippen LogP contribution in [-0.2, 0) is 19.1 Å². The van der Waals surface area contributed by atoms with Crippen LogP contribution < -0.4 is 10.9 Å². The molecule has 0 bridgehead atoms. The van der Waals surface area contributed by atoms with E-state index in [1.807, 2.05) is 5.59 Å². The van der Waals surface area contributed by atoms with Crippen molar-refractivity contribution in [1.29, 1.82) is 0 Å². The summed E-state index contributed by atoms with van der Waals surface area (Å²) in [6.45, 7) is 2.26. The van der Waals surface area contributed by atoms with Gasteiger partial charge in [0.25, 0.3) is 0 Å². The van der Waals surface area contributed by atoms with E-state index < -0.39 is 30.7 Å². The van der Waals surface area contributed by atoms with Crippen molar-refractivity contribution in [1.82, 2.24) is 10.6 Å². The molecule has 0 fully saturated rings. The number of ether oxygens (including phenoxy) is 2. The number of nitrogens with zero attached hydrogens (tertiary/aromatic N) is 1. The molecule has 0 aromatic carbocycles. The van der Waals surface area contributed by atoms with E-state index in [4.69, 9.17) is 5.11 Å². The van der Waals surface area contributed by atoms with E-state index in [1.165, 1.54) is 7.05 Å². The highest BCUT2D eigenvalue weighted by Crippen LogP contribution is 1.91. The van der Waals surface area contributed by atoms with Crippen molar-refractivity contribution in [3.05, 3.63) is 5.21 Å². The number of nitrogens with one attached hydrogen (secondary N) is 2. The van der Waals surface area contributed by atoms with Crippen LogP contribution in [0.3, 0.4) is 0 Å². The van der Waals surface area contributed by atoms with Crippen LogP contribution in [0.4, 0.5) is 4.79 Å². The minimum atomic E-state index is -1.16. The quantitative estimate of drug-likeness (QED) is 0.203. The SMILES string of the molecule is CC(C)OC(=O)OCON[NH+]([O-])N(C)CC(=O)O. The Bertz CT molecular complexity index is 273. The van der Waals surface area contributed by atoms with Gasteiger partial charge in [0.15, 0.2) is 0 Å². The first-order chi connectivity index (χ1) is 8.32. The van der Waals surface area contributed by atoms with Crippen molar-refractivity contribution in [2.45, 2.75) is 20.0 Å². The summed E-state index contributed by atoms with van der Waals surface area (Å²) in [7, 11) is 1.26. The summed E-state index contributed by atoms with van der Waals surface area (Å²) in [5.74, 6) is -1.16. The van der Waals surface area contributed by atoms with Crippen LogP contribution in [0.15, 0.2) is 0 Å². The van der Waals surface area contributed by atoms with Gasteiger partial charge in [-0.05, 0) is 19.4 Å². The lowest BCUT2D eigenvalue weighted by Gasteiger charge is -2.27. The average Bonchev–Trinajstić information content (AvgIpc) is 2.21. The minimum Gasteiger partial charge on any atom is -0.591 e. The largest absolute Gasteiger partial charge is 0.591 e. The molecule has 0 spiro atoms. The van der Waals surface area contributed by atoms with Crippen LogP contribution >= 0.6 is 0 Å². The molecule has 0 aliphatic carbocycles. The van der Waals surface area contributed by atoms with Gasteiger partial charge in [0.05, 0.1) is 6.10 Å². The Morgan fingerprint density at radius 2 is 2.11 bits per heavy atom.